The molecule has 1 N–H and O–H groups in total. The highest BCUT2D eigenvalue weighted by Gasteiger charge is 2.33. The van der Waals surface area contributed by atoms with Crippen LogP contribution in [0.1, 0.15) is 32.4 Å². The lowest BCUT2D eigenvalue weighted by molar-refractivity contribution is 0.473. The highest BCUT2D eigenvalue weighted by molar-refractivity contribution is 5.17. The van der Waals surface area contributed by atoms with E-state index < -0.39 is 0 Å². The van der Waals surface area contributed by atoms with Crippen molar-refractivity contribution >= 4 is 0 Å². The average molecular weight is 219 g/mol. The van der Waals surface area contributed by atoms with Crippen LogP contribution in [0.15, 0.2) is 24.7 Å². The molecule has 1 atom stereocenters. The normalized spacial score (nSPS) is 25.6. The van der Waals surface area contributed by atoms with Crippen molar-refractivity contribution in [2.75, 3.05) is 13.1 Å². The minimum Gasteiger partial charge on any atom is -0.334 e. The Kier molecular flexibility index (Phi) is 3.44. The SMILES string of the molecule is C/C=C/CCn1cncc1C1(C)CCNC1. The van der Waals surface area contributed by atoms with Gasteiger partial charge in [-0.2, -0.15) is 0 Å². The van der Waals surface area contributed by atoms with Crippen molar-refractivity contribution < 1.29 is 0 Å². The summed E-state index contributed by atoms with van der Waals surface area (Å²) >= 11 is 0. The number of allylic oxidation sites excluding steroid dienone is 2. The van der Waals surface area contributed by atoms with Gasteiger partial charge in [-0.15, -0.1) is 0 Å². The molecule has 1 saturated heterocycles. The zero-order valence-corrected chi connectivity index (χ0v) is 10.2. The topological polar surface area (TPSA) is 29.9 Å². The van der Waals surface area contributed by atoms with Gasteiger partial charge in [0.05, 0.1) is 6.33 Å². The van der Waals surface area contributed by atoms with Crippen LogP contribution in [0.4, 0.5) is 0 Å². The van der Waals surface area contributed by atoms with Crippen molar-refractivity contribution in [3.63, 3.8) is 0 Å². The molecule has 0 aromatic carbocycles. The van der Waals surface area contributed by atoms with E-state index in [0.717, 1.165) is 26.1 Å². The van der Waals surface area contributed by atoms with Crippen LogP contribution >= 0.6 is 0 Å². The number of hydrogen-bond acceptors (Lipinski definition) is 2. The molecular weight excluding hydrogens is 198 g/mol. The predicted molar refractivity (Wildman–Crippen MR) is 66.5 cm³/mol. The van der Waals surface area contributed by atoms with Gasteiger partial charge in [0.15, 0.2) is 0 Å². The smallest absolute Gasteiger partial charge is 0.0948 e. The highest BCUT2D eigenvalue weighted by atomic mass is 15.1. The van der Waals surface area contributed by atoms with Gasteiger partial charge in [-0.3, -0.25) is 0 Å². The Bertz CT molecular complexity index is 359. The maximum absolute atomic E-state index is 4.30. The van der Waals surface area contributed by atoms with E-state index in [0.29, 0.717) is 0 Å². The fourth-order valence-corrected chi connectivity index (χ4v) is 2.42. The quantitative estimate of drug-likeness (QED) is 0.786. The van der Waals surface area contributed by atoms with E-state index >= 15 is 0 Å². The monoisotopic (exact) mass is 219 g/mol. The summed E-state index contributed by atoms with van der Waals surface area (Å²) in [5.41, 5.74) is 1.65. The standard InChI is InChI=1S/C13H21N3/c1-3-4-5-8-16-11-15-9-12(16)13(2)6-7-14-10-13/h3-4,9,11,14H,5-8,10H2,1-2H3/b4-3+. The fourth-order valence-electron chi connectivity index (χ4n) is 2.42. The summed E-state index contributed by atoms with van der Waals surface area (Å²) in [5.74, 6) is 0. The molecular formula is C13H21N3. The van der Waals surface area contributed by atoms with Crippen LogP contribution < -0.4 is 5.32 Å². The summed E-state index contributed by atoms with van der Waals surface area (Å²) in [7, 11) is 0. The van der Waals surface area contributed by atoms with Crippen molar-refractivity contribution in [3.8, 4) is 0 Å². The van der Waals surface area contributed by atoms with Crippen molar-refractivity contribution in [1.29, 1.82) is 0 Å². The minimum atomic E-state index is 0.270. The lowest BCUT2D eigenvalue weighted by atomic mass is 9.86. The number of nitrogens with one attached hydrogen (secondary N) is 1. The van der Waals surface area contributed by atoms with E-state index in [4.69, 9.17) is 0 Å². The van der Waals surface area contributed by atoms with Gasteiger partial charge < -0.3 is 9.88 Å². The summed E-state index contributed by atoms with van der Waals surface area (Å²) in [6.45, 7) is 7.63. The lowest BCUT2D eigenvalue weighted by Gasteiger charge is -2.24. The van der Waals surface area contributed by atoms with Crippen LogP contribution in [-0.2, 0) is 12.0 Å². The minimum absolute atomic E-state index is 0.270. The molecule has 0 spiro atoms. The van der Waals surface area contributed by atoms with E-state index in [1.165, 1.54) is 12.1 Å². The predicted octanol–water partition coefficient (Wildman–Crippen LogP) is 2.10. The number of imidazole rings is 1. The largest absolute Gasteiger partial charge is 0.334 e. The highest BCUT2D eigenvalue weighted by Crippen LogP contribution is 2.29. The number of aromatic nitrogens is 2. The van der Waals surface area contributed by atoms with E-state index in [2.05, 4.69) is 40.9 Å². The molecule has 0 saturated carbocycles. The summed E-state index contributed by atoms with van der Waals surface area (Å²) in [5, 5.41) is 3.44. The van der Waals surface area contributed by atoms with Crippen LogP contribution in [0.25, 0.3) is 0 Å². The molecule has 1 aliphatic rings. The first kappa shape index (κ1) is 11.4. The Morgan fingerprint density at radius 2 is 2.50 bits per heavy atom. The molecule has 3 nitrogen and oxygen atoms in total. The van der Waals surface area contributed by atoms with E-state index in [1.54, 1.807) is 0 Å². The molecule has 0 radical (unpaired) electrons. The van der Waals surface area contributed by atoms with Gasteiger partial charge in [-0.25, -0.2) is 4.98 Å². The van der Waals surface area contributed by atoms with Gasteiger partial charge >= 0.3 is 0 Å². The van der Waals surface area contributed by atoms with E-state index in [9.17, 15) is 0 Å². The molecule has 0 aliphatic carbocycles. The summed E-state index contributed by atoms with van der Waals surface area (Å²) in [6.07, 6.45) is 10.6. The second-order valence-corrected chi connectivity index (χ2v) is 4.82. The Morgan fingerprint density at radius 3 is 3.19 bits per heavy atom. The van der Waals surface area contributed by atoms with Gasteiger partial charge in [0, 0.05) is 30.4 Å². The molecule has 3 heteroatoms. The molecule has 1 aliphatic heterocycles. The third kappa shape index (κ3) is 2.19. The molecule has 1 fully saturated rings. The van der Waals surface area contributed by atoms with Crippen molar-refractivity contribution in [2.24, 2.45) is 0 Å². The molecule has 1 aromatic heterocycles. The van der Waals surface area contributed by atoms with Gasteiger partial charge in [-0.05, 0) is 26.3 Å². The van der Waals surface area contributed by atoms with E-state index in [-0.39, 0.29) is 5.41 Å². The molecule has 88 valence electrons. The fraction of sp³-hybridized carbons (Fsp3) is 0.615. The van der Waals surface area contributed by atoms with Crippen LogP contribution in [0.2, 0.25) is 0 Å². The zero-order valence-electron chi connectivity index (χ0n) is 10.2. The number of nitrogens with zero attached hydrogens (tertiary/aromatic N) is 2. The Balaban J connectivity index is 2.12. The Hall–Kier alpha value is -1.09. The average Bonchev–Trinajstić information content (AvgIpc) is 2.88. The Labute approximate surface area is 97.6 Å². The van der Waals surface area contributed by atoms with Gasteiger partial charge in [0.1, 0.15) is 0 Å². The van der Waals surface area contributed by atoms with Crippen molar-refractivity contribution in [2.45, 2.75) is 38.6 Å². The number of aryl methyl sites for hydroxylation is 1. The third-order valence-electron chi connectivity index (χ3n) is 3.47. The van der Waals surface area contributed by atoms with Crippen molar-refractivity contribution in [1.82, 2.24) is 14.9 Å². The lowest BCUT2D eigenvalue weighted by Crippen LogP contribution is -2.28. The molecule has 16 heavy (non-hydrogen) atoms. The molecule has 2 heterocycles. The van der Waals surface area contributed by atoms with Crippen LogP contribution in [0.5, 0.6) is 0 Å². The molecule has 0 amide bonds. The first-order valence-corrected chi connectivity index (χ1v) is 6.09. The summed E-state index contributed by atoms with van der Waals surface area (Å²) < 4.78 is 2.30. The molecule has 0 bridgehead atoms. The first-order chi connectivity index (χ1) is 7.76. The number of rotatable bonds is 4. The van der Waals surface area contributed by atoms with Gasteiger partial charge in [0.25, 0.3) is 0 Å². The summed E-state index contributed by atoms with van der Waals surface area (Å²) in [6, 6.07) is 0. The molecule has 1 aromatic rings. The zero-order chi connectivity index (χ0) is 11.4. The van der Waals surface area contributed by atoms with Crippen LogP contribution in [0.3, 0.4) is 0 Å². The Morgan fingerprint density at radius 1 is 1.62 bits per heavy atom. The second kappa shape index (κ2) is 4.83. The second-order valence-electron chi connectivity index (χ2n) is 4.82. The van der Waals surface area contributed by atoms with Crippen LogP contribution in [-0.4, -0.2) is 22.6 Å². The van der Waals surface area contributed by atoms with Gasteiger partial charge in [0.2, 0.25) is 0 Å². The van der Waals surface area contributed by atoms with Gasteiger partial charge in [-0.1, -0.05) is 19.1 Å². The molecule has 2 rings (SSSR count). The number of hydrogen-bond donors (Lipinski definition) is 1. The van der Waals surface area contributed by atoms with E-state index in [1.807, 2.05) is 12.5 Å². The first-order valence-electron chi connectivity index (χ1n) is 6.09. The van der Waals surface area contributed by atoms with Crippen LogP contribution in [0, 0.1) is 0 Å². The molecule has 1 unspecified atom stereocenters. The summed E-state index contributed by atoms with van der Waals surface area (Å²) in [4.78, 5) is 4.30. The third-order valence-corrected chi connectivity index (χ3v) is 3.47. The maximum Gasteiger partial charge on any atom is 0.0948 e. The maximum atomic E-state index is 4.30. The van der Waals surface area contributed by atoms with Crippen molar-refractivity contribution in [3.05, 3.63) is 30.4 Å².